The van der Waals surface area contributed by atoms with Gasteiger partial charge in [-0.2, -0.15) is 0 Å². The number of benzene rings is 1. The molecule has 0 saturated carbocycles. The molecule has 0 bridgehead atoms. The smallest absolute Gasteiger partial charge is 0.223 e. The number of fused-ring (bicyclic) bond motifs is 1. The number of nitrogens with one attached hydrogen (secondary N) is 1. The lowest BCUT2D eigenvalue weighted by atomic mass is 10.1. The van der Waals surface area contributed by atoms with Gasteiger partial charge < -0.3 is 0 Å². The molecular formula is C10H7N5. The fraction of sp³-hybridized carbons (Fsp3) is 0. The van der Waals surface area contributed by atoms with Gasteiger partial charge in [-0.25, -0.2) is 0 Å². The zero-order valence-electron chi connectivity index (χ0n) is 7.75. The molecule has 0 spiro atoms. The van der Waals surface area contributed by atoms with Crippen molar-refractivity contribution in [2.45, 2.75) is 0 Å². The van der Waals surface area contributed by atoms with E-state index in [9.17, 15) is 0 Å². The second kappa shape index (κ2) is 3.13. The maximum atomic E-state index is 4.08. The molecule has 0 saturated heterocycles. The Kier molecular flexibility index (Phi) is 1.68. The minimum Gasteiger partial charge on any atom is -0.256 e. The third kappa shape index (κ3) is 1.34. The van der Waals surface area contributed by atoms with Gasteiger partial charge in [-0.15, -0.1) is 15.3 Å². The lowest BCUT2D eigenvalue weighted by Gasteiger charge is -1.97. The maximum absolute atomic E-state index is 4.08. The first kappa shape index (κ1) is 8.05. The molecule has 0 aliphatic heterocycles. The van der Waals surface area contributed by atoms with Crippen LogP contribution in [0.25, 0.3) is 22.4 Å². The summed E-state index contributed by atoms with van der Waals surface area (Å²) in [6.45, 7) is 0. The highest BCUT2D eigenvalue weighted by molar-refractivity contribution is 5.74. The molecule has 0 atom stereocenters. The SMILES string of the molecule is c1ccc(-c2cc3[nH]nnc3nn2)cc1. The van der Waals surface area contributed by atoms with Crippen LogP contribution in [0.15, 0.2) is 36.4 Å². The second-order valence-electron chi connectivity index (χ2n) is 3.14. The van der Waals surface area contributed by atoms with Crippen LogP contribution >= 0.6 is 0 Å². The van der Waals surface area contributed by atoms with Crippen molar-refractivity contribution in [3.05, 3.63) is 36.4 Å². The zero-order valence-corrected chi connectivity index (χ0v) is 7.75. The minimum absolute atomic E-state index is 0.537. The van der Waals surface area contributed by atoms with E-state index >= 15 is 0 Å². The van der Waals surface area contributed by atoms with Crippen molar-refractivity contribution in [2.75, 3.05) is 0 Å². The average molecular weight is 197 g/mol. The van der Waals surface area contributed by atoms with Crippen LogP contribution < -0.4 is 0 Å². The topological polar surface area (TPSA) is 67.3 Å². The molecule has 1 aromatic carbocycles. The predicted molar refractivity (Wildman–Crippen MR) is 54.9 cm³/mol. The average Bonchev–Trinajstić information content (AvgIpc) is 2.77. The van der Waals surface area contributed by atoms with Crippen LogP contribution in [0, 0.1) is 0 Å². The number of rotatable bonds is 1. The first-order chi connectivity index (χ1) is 7.43. The van der Waals surface area contributed by atoms with Gasteiger partial charge >= 0.3 is 0 Å². The summed E-state index contributed by atoms with van der Waals surface area (Å²) < 4.78 is 0. The molecule has 0 aliphatic rings. The van der Waals surface area contributed by atoms with Gasteiger partial charge in [0.05, 0.1) is 5.69 Å². The van der Waals surface area contributed by atoms with Crippen molar-refractivity contribution in [3.8, 4) is 11.3 Å². The highest BCUT2D eigenvalue weighted by Gasteiger charge is 2.03. The first-order valence-electron chi connectivity index (χ1n) is 4.53. The number of H-pyrrole nitrogens is 1. The Morgan fingerprint density at radius 1 is 0.933 bits per heavy atom. The van der Waals surface area contributed by atoms with E-state index in [1.165, 1.54) is 0 Å². The van der Waals surface area contributed by atoms with E-state index in [1.807, 2.05) is 36.4 Å². The van der Waals surface area contributed by atoms with Crippen LogP contribution in [-0.2, 0) is 0 Å². The third-order valence-electron chi connectivity index (χ3n) is 2.16. The van der Waals surface area contributed by atoms with Gasteiger partial charge in [0.2, 0.25) is 5.65 Å². The summed E-state index contributed by atoms with van der Waals surface area (Å²) in [7, 11) is 0. The van der Waals surface area contributed by atoms with Crippen LogP contribution in [0.2, 0.25) is 0 Å². The van der Waals surface area contributed by atoms with Gasteiger partial charge in [-0.05, 0) is 6.07 Å². The Bertz CT molecular complexity index is 587. The predicted octanol–water partition coefficient (Wildman–Crippen LogP) is 1.41. The number of hydrogen-bond acceptors (Lipinski definition) is 4. The van der Waals surface area contributed by atoms with Gasteiger partial charge in [-0.3, -0.25) is 5.10 Å². The molecule has 0 aliphatic carbocycles. The molecule has 2 heterocycles. The summed E-state index contributed by atoms with van der Waals surface area (Å²) in [6, 6.07) is 11.8. The quantitative estimate of drug-likeness (QED) is 0.640. The highest BCUT2D eigenvalue weighted by atomic mass is 15.4. The van der Waals surface area contributed by atoms with Crippen LogP contribution in [0.1, 0.15) is 0 Å². The molecule has 5 heteroatoms. The van der Waals surface area contributed by atoms with E-state index in [0.29, 0.717) is 5.65 Å². The second-order valence-corrected chi connectivity index (χ2v) is 3.14. The van der Waals surface area contributed by atoms with E-state index in [0.717, 1.165) is 16.8 Å². The van der Waals surface area contributed by atoms with Gasteiger partial charge in [-0.1, -0.05) is 35.5 Å². The Morgan fingerprint density at radius 2 is 1.80 bits per heavy atom. The van der Waals surface area contributed by atoms with E-state index in [4.69, 9.17) is 0 Å². The summed E-state index contributed by atoms with van der Waals surface area (Å²) in [5.74, 6) is 0. The molecule has 0 radical (unpaired) electrons. The molecular weight excluding hydrogens is 190 g/mol. The van der Waals surface area contributed by atoms with Crippen LogP contribution in [-0.4, -0.2) is 25.6 Å². The number of hydrogen-bond donors (Lipinski definition) is 1. The lowest BCUT2D eigenvalue weighted by molar-refractivity contribution is 0.947. The summed E-state index contributed by atoms with van der Waals surface area (Å²) in [4.78, 5) is 0. The van der Waals surface area contributed by atoms with Crippen molar-refractivity contribution in [1.82, 2.24) is 25.6 Å². The molecule has 5 nitrogen and oxygen atoms in total. The number of nitrogens with zero attached hydrogens (tertiary/aromatic N) is 4. The Balaban J connectivity index is 2.19. The van der Waals surface area contributed by atoms with Gasteiger partial charge in [0, 0.05) is 5.56 Å². The van der Waals surface area contributed by atoms with Crippen molar-refractivity contribution in [1.29, 1.82) is 0 Å². The molecule has 3 aromatic rings. The normalized spacial score (nSPS) is 10.7. The van der Waals surface area contributed by atoms with E-state index < -0.39 is 0 Å². The molecule has 72 valence electrons. The van der Waals surface area contributed by atoms with Crippen LogP contribution in [0.4, 0.5) is 0 Å². The van der Waals surface area contributed by atoms with Crippen molar-refractivity contribution < 1.29 is 0 Å². The van der Waals surface area contributed by atoms with E-state index in [-0.39, 0.29) is 0 Å². The van der Waals surface area contributed by atoms with Crippen LogP contribution in [0.3, 0.4) is 0 Å². The maximum Gasteiger partial charge on any atom is 0.223 e. The number of aromatic amines is 1. The Hall–Kier alpha value is -2.30. The molecule has 0 unspecified atom stereocenters. The van der Waals surface area contributed by atoms with Crippen molar-refractivity contribution >= 4 is 11.2 Å². The van der Waals surface area contributed by atoms with E-state index in [1.54, 1.807) is 0 Å². The first-order valence-corrected chi connectivity index (χ1v) is 4.53. The molecule has 0 amide bonds. The summed E-state index contributed by atoms with van der Waals surface area (Å²) in [5.41, 5.74) is 3.18. The van der Waals surface area contributed by atoms with Crippen molar-refractivity contribution in [2.24, 2.45) is 0 Å². The monoisotopic (exact) mass is 197 g/mol. The Labute approximate surface area is 85.2 Å². The third-order valence-corrected chi connectivity index (χ3v) is 2.16. The zero-order chi connectivity index (χ0) is 10.1. The van der Waals surface area contributed by atoms with Crippen molar-refractivity contribution in [3.63, 3.8) is 0 Å². The molecule has 0 fully saturated rings. The molecule has 3 rings (SSSR count). The fourth-order valence-electron chi connectivity index (χ4n) is 1.42. The summed E-state index contributed by atoms with van der Waals surface area (Å²) in [5, 5.41) is 18.2. The highest BCUT2D eigenvalue weighted by Crippen LogP contribution is 2.17. The van der Waals surface area contributed by atoms with Gasteiger partial charge in [0.15, 0.2) is 0 Å². The van der Waals surface area contributed by atoms with E-state index in [2.05, 4.69) is 25.6 Å². The largest absolute Gasteiger partial charge is 0.256 e. The Morgan fingerprint density at radius 3 is 2.67 bits per heavy atom. The molecule has 2 aromatic heterocycles. The summed E-state index contributed by atoms with van der Waals surface area (Å²) >= 11 is 0. The van der Waals surface area contributed by atoms with Gasteiger partial charge in [0.1, 0.15) is 5.52 Å². The lowest BCUT2D eigenvalue weighted by Crippen LogP contribution is -1.87. The number of aromatic nitrogens is 5. The standard InChI is InChI=1S/C10H7N5/c1-2-4-7(5-3-1)8-6-9-10(13-11-8)14-15-12-9/h1-6H,(H,12,13,14,15). The van der Waals surface area contributed by atoms with Gasteiger partial charge in [0.25, 0.3) is 0 Å². The minimum atomic E-state index is 0.537. The molecule has 15 heavy (non-hydrogen) atoms. The fourth-order valence-corrected chi connectivity index (χ4v) is 1.42. The summed E-state index contributed by atoms with van der Waals surface area (Å²) in [6.07, 6.45) is 0. The van der Waals surface area contributed by atoms with Crippen LogP contribution in [0.5, 0.6) is 0 Å². The molecule has 1 N–H and O–H groups in total.